The molecule has 2 nitrogen and oxygen atoms in total. The molecule has 0 fully saturated rings. The lowest BCUT2D eigenvalue weighted by Gasteiger charge is -2.14. The zero-order valence-electron chi connectivity index (χ0n) is 11.2. The van der Waals surface area contributed by atoms with Gasteiger partial charge >= 0.3 is 6.18 Å². The molecule has 108 valence electrons. The number of benzene rings is 2. The van der Waals surface area contributed by atoms with E-state index in [1.165, 1.54) is 12.1 Å². The standard InChI is InChI=1S/C16H12F3NO/c1-11-3-2-4-13(7-11)10-21-15-6-5-12(9-20)8-14(15)16(17,18)19/h2-8H,10H2,1H3. The first-order chi connectivity index (χ1) is 9.90. The van der Waals surface area contributed by atoms with Crippen molar-refractivity contribution in [2.75, 3.05) is 0 Å². The van der Waals surface area contributed by atoms with Gasteiger partial charge in [0.1, 0.15) is 12.4 Å². The number of halogens is 3. The first kappa shape index (κ1) is 14.9. The number of aryl methyl sites for hydroxylation is 1. The van der Waals surface area contributed by atoms with Gasteiger partial charge in [0, 0.05) is 0 Å². The molecule has 0 spiro atoms. The van der Waals surface area contributed by atoms with Crippen molar-refractivity contribution < 1.29 is 17.9 Å². The van der Waals surface area contributed by atoms with Crippen LogP contribution in [0.1, 0.15) is 22.3 Å². The molecule has 0 aliphatic carbocycles. The third kappa shape index (κ3) is 3.76. The monoisotopic (exact) mass is 291 g/mol. The van der Waals surface area contributed by atoms with Crippen molar-refractivity contribution >= 4 is 0 Å². The Hall–Kier alpha value is -2.48. The number of hydrogen-bond donors (Lipinski definition) is 0. The topological polar surface area (TPSA) is 33.0 Å². The molecule has 0 unspecified atom stereocenters. The average molecular weight is 291 g/mol. The van der Waals surface area contributed by atoms with E-state index in [9.17, 15) is 13.2 Å². The summed E-state index contributed by atoms with van der Waals surface area (Å²) in [5.41, 5.74) is 0.805. The molecule has 0 radical (unpaired) electrons. The molecule has 0 aliphatic heterocycles. The Kier molecular flexibility index (Phi) is 4.18. The number of nitrogens with zero attached hydrogens (tertiary/aromatic N) is 1. The maximum absolute atomic E-state index is 13.0. The van der Waals surface area contributed by atoms with Crippen LogP contribution in [0.2, 0.25) is 0 Å². The largest absolute Gasteiger partial charge is 0.488 e. The molecule has 2 aromatic carbocycles. The Morgan fingerprint density at radius 3 is 2.52 bits per heavy atom. The van der Waals surface area contributed by atoms with Crippen LogP contribution in [0.3, 0.4) is 0 Å². The van der Waals surface area contributed by atoms with E-state index >= 15 is 0 Å². The van der Waals surface area contributed by atoms with Crippen LogP contribution in [-0.2, 0) is 12.8 Å². The number of hydrogen-bond acceptors (Lipinski definition) is 2. The van der Waals surface area contributed by atoms with Crippen molar-refractivity contribution in [2.45, 2.75) is 19.7 Å². The third-order valence-corrected chi connectivity index (χ3v) is 2.89. The second-order valence-electron chi connectivity index (χ2n) is 4.60. The first-order valence-electron chi connectivity index (χ1n) is 6.20. The molecule has 0 atom stereocenters. The van der Waals surface area contributed by atoms with Crippen LogP contribution in [0.5, 0.6) is 5.75 Å². The minimum absolute atomic E-state index is 0.0384. The van der Waals surface area contributed by atoms with Crippen LogP contribution in [0.4, 0.5) is 13.2 Å². The van der Waals surface area contributed by atoms with Crippen LogP contribution in [0.25, 0.3) is 0 Å². The predicted octanol–water partition coefficient (Wildman–Crippen LogP) is 4.46. The Morgan fingerprint density at radius 2 is 1.90 bits per heavy atom. The quantitative estimate of drug-likeness (QED) is 0.836. The molecular weight excluding hydrogens is 279 g/mol. The van der Waals surface area contributed by atoms with Crippen LogP contribution in [0, 0.1) is 18.3 Å². The molecule has 0 bridgehead atoms. The lowest BCUT2D eigenvalue weighted by Crippen LogP contribution is -2.09. The molecule has 0 heterocycles. The maximum Gasteiger partial charge on any atom is 0.420 e. The van der Waals surface area contributed by atoms with E-state index in [0.717, 1.165) is 17.2 Å². The van der Waals surface area contributed by atoms with Gasteiger partial charge in [-0.2, -0.15) is 18.4 Å². The number of ether oxygens (including phenoxy) is 1. The molecule has 0 aliphatic rings. The second kappa shape index (κ2) is 5.88. The highest BCUT2D eigenvalue weighted by molar-refractivity contribution is 5.43. The molecule has 0 amide bonds. The molecule has 0 aromatic heterocycles. The van der Waals surface area contributed by atoms with Gasteiger partial charge < -0.3 is 4.74 Å². The van der Waals surface area contributed by atoms with E-state index in [2.05, 4.69) is 0 Å². The van der Waals surface area contributed by atoms with Gasteiger partial charge in [0.25, 0.3) is 0 Å². The van der Waals surface area contributed by atoms with Crippen LogP contribution >= 0.6 is 0 Å². The zero-order valence-corrected chi connectivity index (χ0v) is 11.2. The number of alkyl halides is 3. The van der Waals surface area contributed by atoms with Gasteiger partial charge in [0.2, 0.25) is 0 Å². The van der Waals surface area contributed by atoms with Crippen molar-refractivity contribution in [2.24, 2.45) is 0 Å². The van der Waals surface area contributed by atoms with E-state index in [4.69, 9.17) is 10.00 Å². The normalized spacial score (nSPS) is 11.0. The summed E-state index contributed by atoms with van der Waals surface area (Å²) in [5.74, 6) is -0.275. The fourth-order valence-corrected chi connectivity index (χ4v) is 1.91. The molecule has 0 saturated carbocycles. The van der Waals surface area contributed by atoms with E-state index in [1.54, 1.807) is 12.1 Å². The maximum atomic E-state index is 13.0. The highest BCUT2D eigenvalue weighted by Crippen LogP contribution is 2.37. The Bertz CT molecular complexity index is 687. The van der Waals surface area contributed by atoms with Crippen molar-refractivity contribution in [3.63, 3.8) is 0 Å². The predicted molar refractivity (Wildman–Crippen MR) is 71.7 cm³/mol. The molecular formula is C16H12F3NO. The Morgan fingerprint density at radius 1 is 1.14 bits per heavy atom. The average Bonchev–Trinajstić information content (AvgIpc) is 2.44. The zero-order chi connectivity index (χ0) is 15.5. The van der Waals surface area contributed by atoms with Crippen LogP contribution in [-0.4, -0.2) is 0 Å². The summed E-state index contributed by atoms with van der Waals surface area (Å²) in [6.45, 7) is 1.93. The lowest BCUT2D eigenvalue weighted by molar-refractivity contribution is -0.139. The van der Waals surface area contributed by atoms with Crippen LogP contribution < -0.4 is 4.74 Å². The van der Waals surface area contributed by atoms with Crippen molar-refractivity contribution in [3.8, 4) is 11.8 Å². The van der Waals surface area contributed by atoms with Gasteiger partial charge in [-0.1, -0.05) is 29.8 Å². The fraction of sp³-hybridized carbons (Fsp3) is 0.188. The summed E-state index contributed by atoms with van der Waals surface area (Å²) >= 11 is 0. The summed E-state index contributed by atoms with van der Waals surface area (Å²) in [5, 5.41) is 8.70. The first-order valence-corrected chi connectivity index (χ1v) is 6.20. The van der Waals surface area contributed by atoms with E-state index < -0.39 is 11.7 Å². The summed E-state index contributed by atoms with van der Waals surface area (Å²) in [7, 11) is 0. The molecule has 0 saturated heterocycles. The molecule has 0 N–H and O–H groups in total. The van der Waals surface area contributed by atoms with Gasteiger partial charge in [0.05, 0.1) is 17.2 Å². The molecule has 2 rings (SSSR count). The fourth-order valence-electron chi connectivity index (χ4n) is 1.91. The molecule has 2 aromatic rings. The number of rotatable bonds is 3. The van der Waals surface area contributed by atoms with E-state index in [1.807, 2.05) is 25.1 Å². The van der Waals surface area contributed by atoms with Gasteiger partial charge in [-0.25, -0.2) is 0 Å². The Balaban J connectivity index is 2.26. The number of nitriles is 1. The minimum atomic E-state index is -4.56. The van der Waals surface area contributed by atoms with Crippen molar-refractivity contribution in [1.82, 2.24) is 0 Å². The van der Waals surface area contributed by atoms with Gasteiger partial charge in [0.15, 0.2) is 0 Å². The van der Waals surface area contributed by atoms with E-state index in [0.29, 0.717) is 0 Å². The second-order valence-corrected chi connectivity index (χ2v) is 4.60. The van der Waals surface area contributed by atoms with Crippen molar-refractivity contribution in [3.05, 3.63) is 64.7 Å². The summed E-state index contributed by atoms with van der Waals surface area (Å²) in [6.07, 6.45) is -4.56. The molecule has 5 heteroatoms. The summed E-state index contributed by atoms with van der Waals surface area (Å²) in [4.78, 5) is 0. The Labute approximate surface area is 120 Å². The minimum Gasteiger partial charge on any atom is -0.488 e. The van der Waals surface area contributed by atoms with Crippen molar-refractivity contribution in [1.29, 1.82) is 5.26 Å². The highest BCUT2D eigenvalue weighted by atomic mass is 19.4. The van der Waals surface area contributed by atoms with Gasteiger partial charge in [-0.05, 0) is 30.7 Å². The van der Waals surface area contributed by atoms with Crippen LogP contribution in [0.15, 0.2) is 42.5 Å². The van der Waals surface area contributed by atoms with Gasteiger partial charge in [-0.15, -0.1) is 0 Å². The third-order valence-electron chi connectivity index (χ3n) is 2.89. The van der Waals surface area contributed by atoms with E-state index in [-0.39, 0.29) is 17.9 Å². The van der Waals surface area contributed by atoms with Gasteiger partial charge in [-0.3, -0.25) is 0 Å². The smallest absolute Gasteiger partial charge is 0.420 e. The SMILES string of the molecule is Cc1cccc(COc2ccc(C#N)cc2C(F)(F)F)c1. The lowest BCUT2D eigenvalue weighted by atomic mass is 10.1. The summed E-state index contributed by atoms with van der Waals surface area (Å²) < 4.78 is 44.2. The summed E-state index contributed by atoms with van der Waals surface area (Å²) in [6, 6.07) is 12.3. The highest BCUT2D eigenvalue weighted by Gasteiger charge is 2.34. The molecule has 21 heavy (non-hydrogen) atoms.